The van der Waals surface area contributed by atoms with Crippen molar-refractivity contribution in [3.63, 3.8) is 0 Å². The summed E-state index contributed by atoms with van der Waals surface area (Å²) in [5, 5.41) is 0. The fraction of sp³-hybridized carbons (Fsp3) is 0.500. The third-order valence-corrected chi connectivity index (χ3v) is 7.56. The van der Waals surface area contributed by atoms with Crippen LogP contribution in [0.4, 0.5) is 5.82 Å². The van der Waals surface area contributed by atoms with Crippen molar-refractivity contribution in [3.8, 4) is 0 Å². The first-order valence-electron chi connectivity index (χ1n) is 11.5. The molecule has 2 aromatic heterocycles. The summed E-state index contributed by atoms with van der Waals surface area (Å²) >= 11 is 6.76. The molecule has 0 saturated carbocycles. The summed E-state index contributed by atoms with van der Waals surface area (Å²) in [4.78, 5) is 38.3. The van der Waals surface area contributed by atoms with Gasteiger partial charge in [-0.15, -0.1) is 0 Å². The molecule has 33 heavy (non-hydrogen) atoms. The van der Waals surface area contributed by atoms with Crippen molar-refractivity contribution >= 4 is 51.7 Å². The minimum absolute atomic E-state index is 0.124. The van der Waals surface area contributed by atoms with E-state index in [1.54, 1.807) is 21.6 Å². The van der Waals surface area contributed by atoms with E-state index in [1.165, 1.54) is 11.8 Å². The summed E-state index contributed by atoms with van der Waals surface area (Å²) in [7, 11) is 0. The Balaban J connectivity index is 1.77. The third-order valence-electron chi connectivity index (χ3n) is 6.18. The number of hydrogen-bond donors (Lipinski definition) is 0. The van der Waals surface area contributed by atoms with E-state index < -0.39 is 0 Å². The molecule has 2 fully saturated rings. The van der Waals surface area contributed by atoms with Gasteiger partial charge in [-0.25, -0.2) is 4.98 Å². The molecule has 4 rings (SSSR count). The molecule has 2 aliphatic rings. The molecule has 0 aliphatic carbocycles. The molecule has 0 spiro atoms. The maximum absolute atomic E-state index is 13.6. The lowest BCUT2D eigenvalue weighted by Gasteiger charge is -2.35. The first kappa shape index (κ1) is 23.9. The highest BCUT2D eigenvalue weighted by Crippen LogP contribution is 2.34. The topological polar surface area (TPSA) is 61.2 Å². The number of carbonyl (C=O) groups is 1. The number of aromatic nitrogens is 2. The Labute approximate surface area is 204 Å². The Morgan fingerprint density at radius 1 is 1.18 bits per heavy atom. The van der Waals surface area contributed by atoms with Crippen molar-refractivity contribution in [1.29, 1.82) is 0 Å². The molecule has 4 heterocycles. The standard InChI is InChI=1S/C24H31N5O2S2/c1-5-26-10-12-27(13-11-26)21-18(22(30)29-15-17(4)6-7-20(29)25-21)14-19-23(31)28(24(32)33-19)9-8-16(2)3/h6-7,14-16H,5,8-13H2,1-4H3. The summed E-state index contributed by atoms with van der Waals surface area (Å²) in [5.74, 6) is 0.998. The highest BCUT2D eigenvalue weighted by Gasteiger charge is 2.33. The van der Waals surface area contributed by atoms with E-state index in [9.17, 15) is 9.59 Å². The second-order valence-electron chi connectivity index (χ2n) is 9.03. The summed E-state index contributed by atoms with van der Waals surface area (Å²) in [6.07, 6.45) is 4.39. The Kier molecular flexibility index (Phi) is 7.21. The number of thioether (sulfide) groups is 1. The van der Waals surface area contributed by atoms with Crippen molar-refractivity contribution in [2.24, 2.45) is 5.92 Å². The van der Waals surface area contributed by atoms with Crippen LogP contribution in [0.2, 0.25) is 0 Å². The molecule has 2 aromatic rings. The van der Waals surface area contributed by atoms with Gasteiger partial charge < -0.3 is 9.80 Å². The average Bonchev–Trinajstić information content (AvgIpc) is 3.06. The van der Waals surface area contributed by atoms with Crippen LogP contribution in [0, 0.1) is 12.8 Å². The van der Waals surface area contributed by atoms with E-state index in [1.807, 2.05) is 19.1 Å². The van der Waals surface area contributed by atoms with Crippen LogP contribution < -0.4 is 10.5 Å². The first-order chi connectivity index (χ1) is 15.8. The lowest BCUT2D eigenvalue weighted by Crippen LogP contribution is -2.47. The molecule has 0 bridgehead atoms. The van der Waals surface area contributed by atoms with Crippen LogP contribution >= 0.6 is 24.0 Å². The van der Waals surface area contributed by atoms with Gasteiger partial charge in [0.25, 0.3) is 11.5 Å². The minimum Gasteiger partial charge on any atom is -0.353 e. The van der Waals surface area contributed by atoms with E-state index in [2.05, 4.69) is 30.6 Å². The van der Waals surface area contributed by atoms with Gasteiger partial charge in [0.1, 0.15) is 15.8 Å². The fourth-order valence-electron chi connectivity index (χ4n) is 4.10. The number of thiocarbonyl (C=S) groups is 1. The quantitative estimate of drug-likeness (QED) is 0.459. The van der Waals surface area contributed by atoms with E-state index in [0.717, 1.165) is 44.7 Å². The maximum atomic E-state index is 13.6. The zero-order valence-electron chi connectivity index (χ0n) is 19.7. The van der Waals surface area contributed by atoms with Crippen LogP contribution in [-0.4, -0.2) is 68.7 Å². The smallest absolute Gasteiger partial charge is 0.267 e. The summed E-state index contributed by atoms with van der Waals surface area (Å²) in [5.41, 5.74) is 1.87. The number of amides is 1. The molecule has 9 heteroatoms. The minimum atomic E-state index is -0.163. The van der Waals surface area contributed by atoms with Gasteiger partial charge in [0.2, 0.25) is 0 Å². The molecule has 2 saturated heterocycles. The van der Waals surface area contributed by atoms with Crippen LogP contribution in [0.5, 0.6) is 0 Å². The Bertz CT molecular complexity index is 1170. The number of carbonyl (C=O) groups excluding carboxylic acids is 1. The van der Waals surface area contributed by atoms with Crippen molar-refractivity contribution in [2.45, 2.75) is 34.1 Å². The lowest BCUT2D eigenvalue weighted by molar-refractivity contribution is -0.122. The number of nitrogens with zero attached hydrogens (tertiary/aromatic N) is 5. The van der Waals surface area contributed by atoms with E-state index in [-0.39, 0.29) is 11.5 Å². The predicted octanol–water partition coefficient (Wildman–Crippen LogP) is 3.39. The van der Waals surface area contributed by atoms with Crippen molar-refractivity contribution in [3.05, 3.63) is 44.7 Å². The molecule has 1 amide bonds. The fourth-order valence-corrected chi connectivity index (χ4v) is 5.39. The van der Waals surface area contributed by atoms with Gasteiger partial charge in [-0.3, -0.25) is 18.9 Å². The summed E-state index contributed by atoms with van der Waals surface area (Å²) in [6.45, 7) is 13.4. The van der Waals surface area contributed by atoms with Gasteiger partial charge in [0.05, 0.1) is 10.5 Å². The van der Waals surface area contributed by atoms with Gasteiger partial charge in [-0.1, -0.05) is 50.8 Å². The Morgan fingerprint density at radius 3 is 2.58 bits per heavy atom. The van der Waals surface area contributed by atoms with Crippen LogP contribution in [-0.2, 0) is 4.79 Å². The van der Waals surface area contributed by atoms with Crippen LogP contribution in [0.3, 0.4) is 0 Å². The van der Waals surface area contributed by atoms with Crippen LogP contribution in [0.1, 0.15) is 38.3 Å². The van der Waals surface area contributed by atoms with Gasteiger partial charge in [0.15, 0.2) is 0 Å². The van der Waals surface area contributed by atoms with Gasteiger partial charge in [-0.05, 0) is 43.5 Å². The van der Waals surface area contributed by atoms with E-state index in [4.69, 9.17) is 17.2 Å². The highest BCUT2D eigenvalue weighted by atomic mass is 32.2. The molecular formula is C24H31N5O2S2. The lowest BCUT2D eigenvalue weighted by atomic mass is 10.1. The molecule has 0 unspecified atom stereocenters. The van der Waals surface area contributed by atoms with Gasteiger partial charge >= 0.3 is 0 Å². The predicted molar refractivity (Wildman–Crippen MR) is 140 cm³/mol. The number of likely N-dealkylation sites (N-methyl/N-ethyl adjacent to an activating group) is 1. The number of pyridine rings is 1. The van der Waals surface area contributed by atoms with E-state index >= 15 is 0 Å². The monoisotopic (exact) mass is 485 g/mol. The zero-order valence-corrected chi connectivity index (χ0v) is 21.3. The first-order valence-corrected chi connectivity index (χ1v) is 12.8. The van der Waals surface area contributed by atoms with Crippen molar-refractivity contribution in [1.82, 2.24) is 19.2 Å². The number of fused-ring (bicyclic) bond motifs is 1. The third kappa shape index (κ3) is 5.00. The number of aryl methyl sites for hydroxylation is 1. The SMILES string of the molecule is CCN1CCN(c2nc3ccc(C)cn3c(=O)c2C=C2SC(=S)N(CCC(C)C)C2=O)CC1. The second kappa shape index (κ2) is 9.95. The average molecular weight is 486 g/mol. The number of hydrogen-bond acceptors (Lipinski definition) is 7. The van der Waals surface area contributed by atoms with Crippen LogP contribution in [0.15, 0.2) is 28.0 Å². The molecular weight excluding hydrogens is 454 g/mol. The van der Waals surface area contributed by atoms with E-state index in [0.29, 0.717) is 38.7 Å². The Hall–Kier alpha value is -2.23. The number of piperazine rings is 1. The van der Waals surface area contributed by atoms with Gasteiger partial charge in [-0.2, -0.15) is 0 Å². The molecule has 0 N–H and O–H groups in total. The normalized spacial score (nSPS) is 19.0. The molecule has 176 valence electrons. The molecule has 2 aliphatic heterocycles. The molecule has 0 aromatic carbocycles. The second-order valence-corrected chi connectivity index (χ2v) is 10.7. The Morgan fingerprint density at radius 2 is 1.91 bits per heavy atom. The van der Waals surface area contributed by atoms with Crippen LogP contribution in [0.25, 0.3) is 11.7 Å². The summed E-state index contributed by atoms with van der Waals surface area (Å²) < 4.78 is 2.13. The largest absolute Gasteiger partial charge is 0.353 e. The molecule has 7 nitrogen and oxygen atoms in total. The number of rotatable bonds is 6. The maximum Gasteiger partial charge on any atom is 0.267 e. The van der Waals surface area contributed by atoms with Crippen molar-refractivity contribution < 1.29 is 4.79 Å². The van der Waals surface area contributed by atoms with Crippen molar-refractivity contribution in [2.75, 3.05) is 44.2 Å². The highest BCUT2D eigenvalue weighted by molar-refractivity contribution is 8.26. The molecule has 0 atom stereocenters. The number of anilines is 1. The molecule has 0 radical (unpaired) electrons. The van der Waals surface area contributed by atoms with Gasteiger partial charge in [0, 0.05) is 38.9 Å². The zero-order chi connectivity index (χ0) is 23.7. The summed E-state index contributed by atoms with van der Waals surface area (Å²) in [6, 6.07) is 3.83.